The molecule has 1 aromatic heterocycles. The number of benzene rings is 2. The highest BCUT2D eigenvalue weighted by atomic mass is 35.5. The van der Waals surface area contributed by atoms with Gasteiger partial charge in [-0.2, -0.15) is 0 Å². The number of amides is 1. The van der Waals surface area contributed by atoms with Gasteiger partial charge in [-0.05, 0) is 44.2 Å². The van der Waals surface area contributed by atoms with E-state index in [-0.39, 0.29) is 5.91 Å². The van der Waals surface area contributed by atoms with E-state index in [9.17, 15) is 4.79 Å². The summed E-state index contributed by atoms with van der Waals surface area (Å²) in [5.41, 5.74) is 1.77. The van der Waals surface area contributed by atoms with E-state index < -0.39 is 6.10 Å². The number of nitrogens with zero attached hydrogens (tertiary/aromatic N) is 1. The summed E-state index contributed by atoms with van der Waals surface area (Å²) in [5, 5.41) is 4.41. The van der Waals surface area contributed by atoms with Crippen molar-refractivity contribution in [3.8, 4) is 22.1 Å². The molecule has 28 heavy (non-hydrogen) atoms. The maximum Gasteiger partial charge on any atom is 0.261 e. The zero-order valence-electron chi connectivity index (χ0n) is 15.9. The van der Waals surface area contributed by atoms with Crippen LogP contribution in [0.2, 0.25) is 5.02 Å². The lowest BCUT2D eigenvalue weighted by Crippen LogP contribution is -2.35. The SMILES string of the molecule is COc1ccc(O[C@H](C)C(=O)NCc2sc(-c3ccccc3Cl)nc2C)cc1. The Bertz CT molecular complexity index is 957. The van der Waals surface area contributed by atoms with Crippen LogP contribution >= 0.6 is 22.9 Å². The standard InChI is InChI=1S/C21H21ClN2O3S/c1-13-19(28-21(24-13)17-6-4-5-7-18(17)22)12-23-20(25)14(2)27-16-10-8-15(26-3)9-11-16/h4-11,14H,12H2,1-3H3,(H,23,25)/t14-/m1/s1. The predicted octanol–water partition coefficient (Wildman–Crippen LogP) is 4.86. The molecule has 2 aromatic carbocycles. The second-order valence-electron chi connectivity index (χ2n) is 6.16. The van der Waals surface area contributed by atoms with Crippen LogP contribution in [0.5, 0.6) is 11.5 Å². The number of hydrogen-bond donors (Lipinski definition) is 1. The van der Waals surface area contributed by atoms with Crippen molar-refractivity contribution >= 4 is 28.8 Å². The highest BCUT2D eigenvalue weighted by Gasteiger charge is 2.17. The topological polar surface area (TPSA) is 60.5 Å². The van der Waals surface area contributed by atoms with E-state index >= 15 is 0 Å². The Morgan fingerprint density at radius 1 is 1.18 bits per heavy atom. The molecule has 3 aromatic rings. The van der Waals surface area contributed by atoms with Crippen molar-refractivity contribution in [2.75, 3.05) is 7.11 Å². The van der Waals surface area contributed by atoms with Gasteiger partial charge < -0.3 is 14.8 Å². The van der Waals surface area contributed by atoms with Crippen molar-refractivity contribution in [2.24, 2.45) is 0 Å². The van der Waals surface area contributed by atoms with E-state index in [0.717, 1.165) is 26.9 Å². The third-order valence-corrected chi connectivity index (χ3v) is 5.68. The number of aryl methyl sites for hydroxylation is 1. The first-order valence-electron chi connectivity index (χ1n) is 8.77. The summed E-state index contributed by atoms with van der Waals surface area (Å²) in [6.45, 7) is 4.03. The van der Waals surface area contributed by atoms with Crippen LogP contribution in [-0.2, 0) is 11.3 Å². The molecule has 0 bridgehead atoms. The molecule has 7 heteroatoms. The Labute approximate surface area is 173 Å². The van der Waals surface area contributed by atoms with Crippen molar-refractivity contribution in [2.45, 2.75) is 26.5 Å². The molecule has 0 aliphatic rings. The monoisotopic (exact) mass is 416 g/mol. The Morgan fingerprint density at radius 2 is 1.86 bits per heavy atom. The van der Waals surface area contributed by atoms with Crippen molar-refractivity contribution < 1.29 is 14.3 Å². The lowest BCUT2D eigenvalue weighted by molar-refractivity contribution is -0.127. The fourth-order valence-electron chi connectivity index (χ4n) is 2.56. The number of ether oxygens (including phenoxy) is 2. The summed E-state index contributed by atoms with van der Waals surface area (Å²) in [6, 6.07) is 14.7. The number of methoxy groups -OCH3 is 1. The van der Waals surface area contributed by atoms with Crippen LogP contribution in [0, 0.1) is 6.92 Å². The number of thiazole rings is 1. The fourth-order valence-corrected chi connectivity index (χ4v) is 3.89. The summed E-state index contributed by atoms with van der Waals surface area (Å²) in [4.78, 5) is 18.0. The van der Waals surface area contributed by atoms with E-state index in [0.29, 0.717) is 17.3 Å². The van der Waals surface area contributed by atoms with Crippen molar-refractivity contribution in [3.05, 3.63) is 64.1 Å². The zero-order chi connectivity index (χ0) is 20.1. The van der Waals surface area contributed by atoms with Gasteiger partial charge >= 0.3 is 0 Å². The van der Waals surface area contributed by atoms with E-state index in [1.54, 1.807) is 38.3 Å². The summed E-state index contributed by atoms with van der Waals surface area (Å²) in [5.74, 6) is 1.15. The van der Waals surface area contributed by atoms with Gasteiger partial charge in [-0.25, -0.2) is 4.98 Å². The minimum Gasteiger partial charge on any atom is -0.497 e. The van der Waals surface area contributed by atoms with Gasteiger partial charge in [0, 0.05) is 10.4 Å². The number of carbonyl (C=O) groups is 1. The molecule has 0 aliphatic heterocycles. The summed E-state index contributed by atoms with van der Waals surface area (Å²) < 4.78 is 10.8. The second kappa shape index (κ2) is 9.08. The lowest BCUT2D eigenvalue weighted by Gasteiger charge is -2.14. The van der Waals surface area contributed by atoms with Gasteiger partial charge in [0.1, 0.15) is 16.5 Å². The third kappa shape index (κ3) is 4.82. The van der Waals surface area contributed by atoms with Crippen molar-refractivity contribution in [3.63, 3.8) is 0 Å². The summed E-state index contributed by atoms with van der Waals surface area (Å²) in [7, 11) is 1.60. The van der Waals surface area contributed by atoms with E-state index in [2.05, 4.69) is 10.3 Å². The first-order valence-corrected chi connectivity index (χ1v) is 9.97. The quantitative estimate of drug-likeness (QED) is 0.597. The summed E-state index contributed by atoms with van der Waals surface area (Å²) in [6.07, 6.45) is -0.621. The molecule has 0 spiro atoms. The Morgan fingerprint density at radius 3 is 2.54 bits per heavy atom. The average molecular weight is 417 g/mol. The Hall–Kier alpha value is -2.57. The maximum atomic E-state index is 12.4. The average Bonchev–Trinajstić information content (AvgIpc) is 3.07. The first kappa shape index (κ1) is 20.2. The van der Waals surface area contributed by atoms with Crippen LogP contribution in [0.1, 0.15) is 17.5 Å². The van der Waals surface area contributed by atoms with Gasteiger partial charge in [-0.15, -0.1) is 11.3 Å². The third-order valence-electron chi connectivity index (χ3n) is 4.16. The highest BCUT2D eigenvalue weighted by molar-refractivity contribution is 7.15. The molecule has 1 heterocycles. The van der Waals surface area contributed by atoms with Crippen LogP contribution < -0.4 is 14.8 Å². The molecule has 0 unspecified atom stereocenters. The van der Waals surface area contributed by atoms with Gasteiger partial charge in [0.25, 0.3) is 5.91 Å². The van der Waals surface area contributed by atoms with Crippen LogP contribution in [0.4, 0.5) is 0 Å². The molecule has 0 fully saturated rings. The van der Waals surface area contributed by atoms with Crippen molar-refractivity contribution in [1.82, 2.24) is 10.3 Å². The molecule has 1 N–H and O–H groups in total. The smallest absolute Gasteiger partial charge is 0.261 e. The molecule has 0 aliphatic carbocycles. The molecule has 146 valence electrons. The van der Waals surface area contributed by atoms with Crippen LogP contribution in [0.25, 0.3) is 10.6 Å². The van der Waals surface area contributed by atoms with Gasteiger partial charge in [0.2, 0.25) is 0 Å². The first-order chi connectivity index (χ1) is 13.5. The minimum atomic E-state index is -0.621. The Balaban J connectivity index is 1.60. The number of hydrogen-bond acceptors (Lipinski definition) is 5. The van der Waals surface area contributed by atoms with Gasteiger partial charge in [-0.3, -0.25) is 4.79 Å². The normalized spacial score (nSPS) is 11.7. The number of rotatable bonds is 7. The zero-order valence-corrected chi connectivity index (χ0v) is 17.4. The minimum absolute atomic E-state index is 0.192. The van der Waals surface area contributed by atoms with Crippen LogP contribution in [0.3, 0.4) is 0 Å². The maximum absolute atomic E-state index is 12.4. The number of carbonyl (C=O) groups excluding carboxylic acids is 1. The van der Waals surface area contributed by atoms with E-state index in [4.69, 9.17) is 21.1 Å². The van der Waals surface area contributed by atoms with E-state index in [1.807, 2.05) is 31.2 Å². The highest BCUT2D eigenvalue weighted by Crippen LogP contribution is 2.32. The number of halogens is 1. The lowest BCUT2D eigenvalue weighted by atomic mass is 10.2. The Kier molecular flexibility index (Phi) is 6.54. The molecule has 1 amide bonds. The van der Waals surface area contributed by atoms with Crippen LogP contribution in [-0.4, -0.2) is 24.1 Å². The molecule has 0 saturated carbocycles. The van der Waals surface area contributed by atoms with Gasteiger partial charge in [-0.1, -0.05) is 29.8 Å². The number of aromatic nitrogens is 1. The molecule has 1 atom stereocenters. The molecule has 5 nitrogen and oxygen atoms in total. The van der Waals surface area contributed by atoms with Gasteiger partial charge in [0.15, 0.2) is 6.10 Å². The van der Waals surface area contributed by atoms with Gasteiger partial charge in [0.05, 0.1) is 24.4 Å². The summed E-state index contributed by atoms with van der Waals surface area (Å²) >= 11 is 7.78. The fraction of sp³-hybridized carbons (Fsp3) is 0.238. The van der Waals surface area contributed by atoms with E-state index in [1.165, 1.54) is 11.3 Å². The largest absolute Gasteiger partial charge is 0.497 e. The molecular formula is C21H21ClN2O3S. The van der Waals surface area contributed by atoms with Crippen molar-refractivity contribution in [1.29, 1.82) is 0 Å². The molecular weight excluding hydrogens is 396 g/mol. The molecule has 0 saturated heterocycles. The molecule has 0 radical (unpaired) electrons. The second-order valence-corrected chi connectivity index (χ2v) is 7.65. The van der Waals surface area contributed by atoms with Crippen LogP contribution in [0.15, 0.2) is 48.5 Å². The predicted molar refractivity (Wildman–Crippen MR) is 112 cm³/mol. The molecule has 3 rings (SSSR count). The number of nitrogens with one attached hydrogen (secondary N) is 1.